The van der Waals surface area contributed by atoms with Crippen molar-refractivity contribution in [3.05, 3.63) is 41.7 Å². The predicted octanol–water partition coefficient (Wildman–Crippen LogP) is 1.27. The molecule has 0 saturated carbocycles. The number of para-hydroxylation sites is 1. The van der Waals surface area contributed by atoms with Gasteiger partial charge < -0.3 is 5.11 Å². The molecule has 0 amide bonds. The number of aryl methyl sites for hydroxylation is 1. The summed E-state index contributed by atoms with van der Waals surface area (Å²) in [6.45, 7) is 1.80. The first kappa shape index (κ1) is 9.39. The van der Waals surface area contributed by atoms with Crippen LogP contribution in [0.3, 0.4) is 0 Å². The van der Waals surface area contributed by atoms with E-state index in [2.05, 4.69) is 10.3 Å². The van der Waals surface area contributed by atoms with Crippen molar-refractivity contribution in [2.45, 2.75) is 6.92 Å². The maximum atomic E-state index is 10.9. The van der Waals surface area contributed by atoms with Crippen LogP contribution in [-0.4, -0.2) is 26.1 Å². The fourth-order valence-corrected chi connectivity index (χ4v) is 1.32. The zero-order valence-electron chi connectivity index (χ0n) is 8.08. The summed E-state index contributed by atoms with van der Waals surface area (Å²) in [4.78, 5) is 10.9. The molecule has 1 N–H and O–H groups in total. The molecule has 0 aliphatic carbocycles. The lowest BCUT2D eigenvalue weighted by Crippen LogP contribution is -2.05. The topological polar surface area (TPSA) is 68.0 Å². The van der Waals surface area contributed by atoms with Crippen molar-refractivity contribution in [3.8, 4) is 5.69 Å². The standard InChI is InChI=1S/C10H9N3O2/c1-7-6-13(12-11-7)9-5-3-2-4-8(9)10(14)15/h2-6H,1H3,(H,14,15). The summed E-state index contributed by atoms with van der Waals surface area (Å²) in [6, 6.07) is 6.67. The molecule has 76 valence electrons. The third-order valence-corrected chi connectivity index (χ3v) is 1.99. The van der Waals surface area contributed by atoms with E-state index in [1.54, 1.807) is 31.3 Å². The number of hydrogen-bond donors (Lipinski definition) is 1. The van der Waals surface area contributed by atoms with Crippen molar-refractivity contribution in [2.24, 2.45) is 0 Å². The second-order valence-electron chi connectivity index (χ2n) is 3.13. The van der Waals surface area contributed by atoms with E-state index in [4.69, 9.17) is 5.11 Å². The number of aromatic nitrogens is 3. The van der Waals surface area contributed by atoms with Crippen LogP contribution < -0.4 is 0 Å². The van der Waals surface area contributed by atoms with Gasteiger partial charge in [-0.1, -0.05) is 17.3 Å². The molecule has 0 aliphatic heterocycles. The minimum atomic E-state index is -0.973. The lowest BCUT2D eigenvalue weighted by Gasteiger charge is -2.03. The molecule has 0 atom stereocenters. The number of benzene rings is 1. The van der Waals surface area contributed by atoms with Gasteiger partial charge in [0.05, 0.1) is 23.1 Å². The highest BCUT2D eigenvalue weighted by molar-refractivity contribution is 5.91. The molecular formula is C10H9N3O2. The number of nitrogens with zero attached hydrogens (tertiary/aromatic N) is 3. The highest BCUT2D eigenvalue weighted by atomic mass is 16.4. The number of carboxylic acids is 1. The van der Waals surface area contributed by atoms with Crippen molar-refractivity contribution in [3.63, 3.8) is 0 Å². The molecule has 0 unspecified atom stereocenters. The van der Waals surface area contributed by atoms with Gasteiger partial charge in [-0.15, -0.1) is 5.10 Å². The van der Waals surface area contributed by atoms with E-state index in [1.807, 2.05) is 0 Å². The van der Waals surface area contributed by atoms with Crippen molar-refractivity contribution in [1.29, 1.82) is 0 Å². The fourth-order valence-electron chi connectivity index (χ4n) is 1.32. The maximum absolute atomic E-state index is 10.9. The van der Waals surface area contributed by atoms with Gasteiger partial charge in [0.25, 0.3) is 0 Å². The number of hydrogen-bond acceptors (Lipinski definition) is 3. The normalized spacial score (nSPS) is 10.2. The Labute approximate surface area is 86.0 Å². The molecule has 0 saturated heterocycles. The van der Waals surface area contributed by atoms with E-state index in [9.17, 15) is 4.79 Å². The Bertz CT molecular complexity index is 505. The van der Waals surface area contributed by atoms with Gasteiger partial charge in [-0.25, -0.2) is 9.48 Å². The molecule has 0 bridgehead atoms. The first-order valence-corrected chi connectivity index (χ1v) is 4.40. The number of rotatable bonds is 2. The molecule has 2 aromatic rings. The van der Waals surface area contributed by atoms with E-state index in [-0.39, 0.29) is 5.56 Å². The van der Waals surface area contributed by atoms with Crippen molar-refractivity contribution in [1.82, 2.24) is 15.0 Å². The zero-order chi connectivity index (χ0) is 10.8. The van der Waals surface area contributed by atoms with Crippen LogP contribution in [0.4, 0.5) is 0 Å². The van der Waals surface area contributed by atoms with Crippen LogP contribution in [0.5, 0.6) is 0 Å². The molecule has 5 heteroatoms. The van der Waals surface area contributed by atoms with E-state index in [0.717, 1.165) is 5.69 Å². The van der Waals surface area contributed by atoms with Gasteiger partial charge >= 0.3 is 5.97 Å². The van der Waals surface area contributed by atoms with E-state index in [0.29, 0.717) is 5.69 Å². The largest absolute Gasteiger partial charge is 0.478 e. The first-order chi connectivity index (χ1) is 7.18. The summed E-state index contributed by atoms with van der Waals surface area (Å²) in [6.07, 6.45) is 1.68. The molecule has 0 fully saturated rings. The third-order valence-electron chi connectivity index (χ3n) is 1.99. The molecule has 1 aromatic heterocycles. The van der Waals surface area contributed by atoms with Crippen LogP contribution >= 0.6 is 0 Å². The minimum absolute atomic E-state index is 0.211. The number of carbonyl (C=O) groups is 1. The molecule has 0 radical (unpaired) electrons. The molecular weight excluding hydrogens is 194 g/mol. The van der Waals surface area contributed by atoms with E-state index in [1.165, 1.54) is 10.7 Å². The van der Waals surface area contributed by atoms with Crippen LogP contribution in [0.2, 0.25) is 0 Å². The van der Waals surface area contributed by atoms with Crippen molar-refractivity contribution >= 4 is 5.97 Å². The van der Waals surface area contributed by atoms with Crippen LogP contribution in [-0.2, 0) is 0 Å². The van der Waals surface area contributed by atoms with E-state index >= 15 is 0 Å². The average molecular weight is 203 g/mol. The van der Waals surface area contributed by atoms with Crippen molar-refractivity contribution < 1.29 is 9.90 Å². The van der Waals surface area contributed by atoms with Crippen LogP contribution in [0.1, 0.15) is 16.1 Å². The highest BCUT2D eigenvalue weighted by Crippen LogP contribution is 2.13. The number of carboxylic acid groups (broad SMARTS) is 1. The summed E-state index contributed by atoms with van der Waals surface area (Å²) < 4.78 is 1.46. The van der Waals surface area contributed by atoms with Gasteiger partial charge in [0.1, 0.15) is 0 Å². The quantitative estimate of drug-likeness (QED) is 0.798. The van der Waals surface area contributed by atoms with Crippen LogP contribution in [0.25, 0.3) is 5.69 Å². The fraction of sp³-hybridized carbons (Fsp3) is 0.100. The second kappa shape index (κ2) is 3.53. The summed E-state index contributed by atoms with van der Waals surface area (Å²) in [5.41, 5.74) is 1.48. The smallest absolute Gasteiger partial charge is 0.337 e. The first-order valence-electron chi connectivity index (χ1n) is 4.40. The van der Waals surface area contributed by atoms with Gasteiger partial charge in [-0.2, -0.15) is 0 Å². The Balaban J connectivity index is 2.57. The third kappa shape index (κ3) is 1.71. The maximum Gasteiger partial charge on any atom is 0.337 e. The predicted molar refractivity (Wildman–Crippen MR) is 53.1 cm³/mol. The van der Waals surface area contributed by atoms with Gasteiger partial charge in [-0.3, -0.25) is 0 Å². The Kier molecular flexibility index (Phi) is 2.21. The lowest BCUT2D eigenvalue weighted by molar-refractivity contribution is 0.0696. The van der Waals surface area contributed by atoms with Gasteiger partial charge in [0, 0.05) is 0 Å². The highest BCUT2D eigenvalue weighted by Gasteiger charge is 2.11. The molecule has 1 aromatic carbocycles. The Hall–Kier alpha value is -2.17. The van der Waals surface area contributed by atoms with E-state index < -0.39 is 5.97 Å². The zero-order valence-corrected chi connectivity index (χ0v) is 8.08. The Morgan fingerprint density at radius 1 is 1.40 bits per heavy atom. The monoisotopic (exact) mass is 203 g/mol. The molecule has 15 heavy (non-hydrogen) atoms. The SMILES string of the molecule is Cc1cn(-c2ccccc2C(=O)O)nn1. The molecule has 0 aliphatic rings. The molecule has 2 rings (SSSR count). The Morgan fingerprint density at radius 3 is 2.73 bits per heavy atom. The second-order valence-corrected chi connectivity index (χ2v) is 3.13. The number of aromatic carboxylic acids is 1. The summed E-state index contributed by atoms with van der Waals surface area (Å²) in [5, 5.41) is 16.6. The Morgan fingerprint density at radius 2 is 2.13 bits per heavy atom. The van der Waals surface area contributed by atoms with Crippen LogP contribution in [0, 0.1) is 6.92 Å². The molecule has 0 spiro atoms. The van der Waals surface area contributed by atoms with Gasteiger partial charge in [0.15, 0.2) is 0 Å². The summed E-state index contributed by atoms with van der Waals surface area (Å²) in [5.74, 6) is -0.973. The van der Waals surface area contributed by atoms with Crippen molar-refractivity contribution in [2.75, 3.05) is 0 Å². The van der Waals surface area contributed by atoms with Gasteiger partial charge in [0.2, 0.25) is 0 Å². The molecule has 1 heterocycles. The molecule has 5 nitrogen and oxygen atoms in total. The van der Waals surface area contributed by atoms with Crippen LogP contribution in [0.15, 0.2) is 30.5 Å². The summed E-state index contributed by atoms with van der Waals surface area (Å²) in [7, 11) is 0. The lowest BCUT2D eigenvalue weighted by atomic mass is 10.2. The average Bonchev–Trinajstić information content (AvgIpc) is 2.65. The van der Waals surface area contributed by atoms with Gasteiger partial charge in [-0.05, 0) is 19.1 Å². The minimum Gasteiger partial charge on any atom is -0.478 e. The summed E-state index contributed by atoms with van der Waals surface area (Å²) >= 11 is 0.